The first-order chi connectivity index (χ1) is 7.81. The second kappa shape index (κ2) is 8.04. The molecule has 3 heteroatoms. The van der Waals surface area contributed by atoms with Gasteiger partial charge in [0.1, 0.15) is 0 Å². The summed E-state index contributed by atoms with van der Waals surface area (Å²) < 4.78 is 0. The lowest BCUT2D eigenvalue weighted by molar-refractivity contribution is 0.144. The van der Waals surface area contributed by atoms with Crippen molar-refractivity contribution in [3.8, 4) is 0 Å². The largest absolute Gasteiger partial charge is 0.395 e. The van der Waals surface area contributed by atoms with Crippen molar-refractivity contribution in [1.29, 1.82) is 0 Å². The van der Waals surface area contributed by atoms with Crippen LogP contribution in [0, 0.1) is 5.92 Å². The Morgan fingerprint density at radius 1 is 1.25 bits per heavy atom. The van der Waals surface area contributed by atoms with E-state index in [1.807, 2.05) is 0 Å². The third kappa shape index (κ3) is 4.40. The molecule has 0 aromatic rings. The minimum absolute atomic E-state index is 0.289. The highest BCUT2D eigenvalue weighted by Crippen LogP contribution is 2.25. The highest BCUT2D eigenvalue weighted by molar-refractivity contribution is 4.82. The Kier molecular flexibility index (Phi) is 7.01. The van der Waals surface area contributed by atoms with Crippen LogP contribution in [0.25, 0.3) is 0 Å². The topological polar surface area (TPSA) is 35.5 Å². The molecule has 1 aliphatic rings. The van der Waals surface area contributed by atoms with E-state index in [0.717, 1.165) is 25.6 Å². The monoisotopic (exact) mass is 228 g/mol. The third-order valence-electron chi connectivity index (χ3n) is 3.73. The molecule has 1 aliphatic carbocycles. The maximum atomic E-state index is 9.06. The van der Waals surface area contributed by atoms with Crippen LogP contribution in [0.4, 0.5) is 0 Å². The molecule has 3 nitrogen and oxygen atoms in total. The minimum Gasteiger partial charge on any atom is -0.395 e. The predicted octanol–water partition coefficient (Wildman–Crippen LogP) is 1.47. The van der Waals surface area contributed by atoms with E-state index in [2.05, 4.69) is 24.2 Å². The molecular weight excluding hydrogens is 200 g/mol. The van der Waals surface area contributed by atoms with Gasteiger partial charge in [0.25, 0.3) is 0 Å². The zero-order chi connectivity index (χ0) is 11.8. The number of hydrogen-bond donors (Lipinski definition) is 2. The van der Waals surface area contributed by atoms with Crippen LogP contribution in [-0.4, -0.2) is 49.3 Å². The van der Waals surface area contributed by atoms with Crippen molar-refractivity contribution in [1.82, 2.24) is 10.2 Å². The number of aliphatic hydroxyl groups excluding tert-OH is 1. The molecule has 2 N–H and O–H groups in total. The van der Waals surface area contributed by atoms with E-state index in [0.29, 0.717) is 6.04 Å². The Morgan fingerprint density at radius 3 is 2.62 bits per heavy atom. The SMILES string of the molecule is CCCN(CCO)CC1CCCCC1NC. The molecule has 0 aromatic carbocycles. The van der Waals surface area contributed by atoms with Crippen LogP contribution in [0.5, 0.6) is 0 Å². The normalized spacial score (nSPS) is 26.2. The smallest absolute Gasteiger partial charge is 0.0558 e. The van der Waals surface area contributed by atoms with Gasteiger partial charge in [-0.15, -0.1) is 0 Å². The average Bonchev–Trinajstić information content (AvgIpc) is 2.30. The van der Waals surface area contributed by atoms with Crippen LogP contribution in [0.3, 0.4) is 0 Å². The first-order valence-corrected chi connectivity index (χ1v) is 6.82. The molecule has 0 spiro atoms. The van der Waals surface area contributed by atoms with Crippen LogP contribution >= 0.6 is 0 Å². The molecule has 16 heavy (non-hydrogen) atoms. The fraction of sp³-hybridized carbons (Fsp3) is 1.00. The summed E-state index contributed by atoms with van der Waals surface area (Å²) in [6, 6.07) is 0.687. The van der Waals surface area contributed by atoms with E-state index in [1.165, 1.54) is 32.1 Å². The van der Waals surface area contributed by atoms with Crippen molar-refractivity contribution in [2.24, 2.45) is 5.92 Å². The Bertz CT molecular complexity index is 169. The number of aliphatic hydroxyl groups is 1. The fourth-order valence-electron chi connectivity index (χ4n) is 2.89. The summed E-state index contributed by atoms with van der Waals surface area (Å²) >= 11 is 0. The van der Waals surface area contributed by atoms with Gasteiger partial charge in [-0.25, -0.2) is 0 Å². The van der Waals surface area contributed by atoms with E-state index < -0.39 is 0 Å². The van der Waals surface area contributed by atoms with E-state index in [4.69, 9.17) is 5.11 Å². The molecule has 2 unspecified atom stereocenters. The molecule has 2 atom stereocenters. The van der Waals surface area contributed by atoms with E-state index in [1.54, 1.807) is 0 Å². The molecule has 1 fully saturated rings. The van der Waals surface area contributed by atoms with Crippen LogP contribution in [0.15, 0.2) is 0 Å². The van der Waals surface area contributed by atoms with Gasteiger partial charge in [-0.1, -0.05) is 19.8 Å². The Balaban J connectivity index is 2.40. The summed E-state index contributed by atoms with van der Waals surface area (Å²) in [6.45, 7) is 5.60. The van der Waals surface area contributed by atoms with Crippen LogP contribution in [-0.2, 0) is 0 Å². The Labute approximate surface area is 100 Å². The van der Waals surface area contributed by atoms with Gasteiger partial charge in [0.05, 0.1) is 6.61 Å². The number of rotatable bonds is 7. The predicted molar refractivity (Wildman–Crippen MR) is 68.6 cm³/mol. The molecule has 0 radical (unpaired) electrons. The van der Waals surface area contributed by atoms with Crippen LogP contribution in [0.1, 0.15) is 39.0 Å². The molecular formula is C13H28N2O. The molecule has 1 saturated carbocycles. The van der Waals surface area contributed by atoms with E-state index in [9.17, 15) is 0 Å². The summed E-state index contributed by atoms with van der Waals surface area (Å²) in [7, 11) is 2.08. The zero-order valence-corrected chi connectivity index (χ0v) is 10.9. The molecule has 0 amide bonds. The quantitative estimate of drug-likeness (QED) is 0.692. The maximum absolute atomic E-state index is 9.06. The van der Waals surface area contributed by atoms with Crippen molar-refractivity contribution in [3.05, 3.63) is 0 Å². The van der Waals surface area contributed by atoms with Gasteiger partial charge in [-0.3, -0.25) is 0 Å². The lowest BCUT2D eigenvalue weighted by atomic mass is 9.84. The fourth-order valence-corrected chi connectivity index (χ4v) is 2.89. The summed E-state index contributed by atoms with van der Waals surface area (Å²) in [5.41, 5.74) is 0. The van der Waals surface area contributed by atoms with Gasteiger partial charge < -0.3 is 15.3 Å². The molecule has 0 aromatic heterocycles. The maximum Gasteiger partial charge on any atom is 0.0558 e. The summed E-state index contributed by atoms with van der Waals surface area (Å²) in [5.74, 6) is 0.775. The second-order valence-corrected chi connectivity index (χ2v) is 4.96. The van der Waals surface area contributed by atoms with E-state index in [-0.39, 0.29) is 6.61 Å². The number of nitrogens with one attached hydrogen (secondary N) is 1. The summed E-state index contributed by atoms with van der Waals surface area (Å²) in [6.07, 6.45) is 6.59. The molecule has 1 rings (SSSR count). The van der Waals surface area contributed by atoms with Gasteiger partial charge >= 0.3 is 0 Å². The molecule has 96 valence electrons. The van der Waals surface area contributed by atoms with Gasteiger partial charge in [0.2, 0.25) is 0 Å². The van der Waals surface area contributed by atoms with Crippen molar-refractivity contribution in [2.75, 3.05) is 33.3 Å². The Morgan fingerprint density at radius 2 is 2.00 bits per heavy atom. The Hall–Kier alpha value is -0.120. The van der Waals surface area contributed by atoms with E-state index >= 15 is 0 Å². The third-order valence-corrected chi connectivity index (χ3v) is 3.73. The van der Waals surface area contributed by atoms with Crippen molar-refractivity contribution in [3.63, 3.8) is 0 Å². The lowest BCUT2D eigenvalue weighted by Crippen LogP contribution is -2.43. The summed E-state index contributed by atoms with van der Waals surface area (Å²) in [5, 5.41) is 12.5. The zero-order valence-electron chi connectivity index (χ0n) is 10.9. The minimum atomic E-state index is 0.289. The van der Waals surface area contributed by atoms with Crippen LogP contribution in [0.2, 0.25) is 0 Å². The first-order valence-electron chi connectivity index (χ1n) is 6.82. The van der Waals surface area contributed by atoms with Gasteiger partial charge in [0.15, 0.2) is 0 Å². The highest BCUT2D eigenvalue weighted by Gasteiger charge is 2.25. The molecule has 0 heterocycles. The number of nitrogens with zero attached hydrogens (tertiary/aromatic N) is 1. The number of hydrogen-bond acceptors (Lipinski definition) is 3. The van der Waals surface area contributed by atoms with Gasteiger partial charge in [-0.05, 0) is 38.8 Å². The van der Waals surface area contributed by atoms with Gasteiger partial charge in [-0.2, -0.15) is 0 Å². The first kappa shape index (κ1) is 13.9. The molecule has 0 bridgehead atoms. The second-order valence-electron chi connectivity index (χ2n) is 4.96. The van der Waals surface area contributed by atoms with Crippen molar-refractivity contribution >= 4 is 0 Å². The standard InChI is InChI=1S/C13H28N2O/c1-3-8-15(9-10-16)11-12-6-4-5-7-13(12)14-2/h12-14,16H,3-11H2,1-2H3. The van der Waals surface area contributed by atoms with Crippen molar-refractivity contribution < 1.29 is 5.11 Å². The van der Waals surface area contributed by atoms with Crippen molar-refractivity contribution in [2.45, 2.75) is 45.1 Å². The molecule has 0 aliphatic heterocycles. The average molecular weight is 228 g/mol. The lowest BCUT2D eigenvalue weighted by Gasteiger charge is -2.35. The van der Waals surface area contributed by atoms with Gasteiger partial charge in [0, 0.05) is 19.1 Å². The molecule has 0 saturated heterocycles. The summed E-state index contributed by atoms with van der Waals surface area (Å²) in [4.78, 5) is 2.42. The van der Waals surface area contributed by atoms with Crippen LogP contribution < -0.4 is 5.32 Å². The highest BCUT2D eigenvalue weighted by atomic mass is 16.3.